The molecule has 0 aromatic heterocycles. The van der Waals surface area contributed by atoms with E-state index in [1.807, 2.05) is 51.1 Å². The Morgan fingerprint density at radius 3 is 2.28 bits per heavy atom. The van der Waals surface area contributed by atoms with Gasteiger partial charge in [0.15, 0.2) is 0 Å². The Morgan fingerprint density at radius 2 is 1.80 bits per heavy atom. The topological polar surface area (TPSA) is 87.7 Å². The molecule has 3 N–H and O–H groups in total. The number of halogens is 1. The lowest BCUT2D eigenvalue weighted by Crippen LogP contribution is -2.57. The average molecular weight is 371 g/mol. The minimum absolute atomic E-state index is 0.0115. The molecular formula is C18H27ClN2O4. The van der Waals surface area contributed by atoms with Gasteiger partial charge in [-0.15, -0.1) is 11.6 Å². The van der Waals surface area contributed by atoms with Crippen LogP contribution in [-0.4, -0.2) is 48.3 Å². The first-order chi connectivity index (χ1) is 11.7. The van der Waals surface area contributed by atoms with Gasteiger partial charge in [0.25, 0.3) is 0 Å². The van der Waals surface area contributed by atoms with Crippen molar-refractivity contribution in [2.75, 3.05) is 13.0 Å². The van der Waals surface area contributed by atoms with Crippen LogP contribution in [0.3, 0.4) is 0 Å². The average Bonchev–Trinajstić information content (AvgIpc) is 2.57. The van der Waals surface area contributed by atoms with E-state index < -0.39 is 35.6 Å². The zero-order valence-corrected chi connectivity index (χ0v) is 15.8. The zero-order valence-electron chi connectivity index (χ0n) is 15.1. The molecule has 7 heteroatoms. The molecule has 25 heavy (non-hydrogen) atoms. The van der Waals surface area contributed by atoms with Crippen molar-refractivity contribution in [3.63, 3.8) is 0 Å². The molecule has 0 saturated heterocycles. The van der Waals surface area contributed by atoms with E-state index in [1.165, 1.54) is 7.11 Å². The summed E-state index contributed by atoms with van der Waals surface area (Å²) in [6, 6.07) is 8.10. The van der Waals surface area contributed by atoms with Crippen molar-refractivity contribution in [3.8, 4) is 0 Å². The Balaban J connectivity index is 2.92. The van der Waals surface area contributed by atoms with Crippen molar-refractivity contribution in [1.82, 2.24) is 10.6 Å². The number of hydrogen-bond donors (Lipinski definition) is 3. The second-order valence-electron chi connectivity index (χ2n) is 6.96. The summed E-state index contributed by atoms with van der Waals surface area (Å²) in [7, 11) is 1.24. The number of carbonyl (C=O) groups excluding carboxylic acids is 2. The lowest BCUT2D eigenvalue weighted by Gasteiger charge is -2.32. The lowest BCUT2D eigenvalue weighted by molar-refractivity contribution is -0.127. The molecule has 0 unspecified atom stereocenters. The summed E-state index contributed by atoms with van der Waals surface area (Å²) < 4.78 is 4.59. The van der Waals surface area contributed by atoms with Gasteiger partial charge in [0.05, 0.1) is 25.1 Å². The monoisotopic (exact) mass is 370 g/mol. The maximum atomic E-state index is 12.7. The van der Waals surface area contributed by atoms with Crippen LogP contribution in [0.4, 0.5) is 4.79 Å². The maximum Gasteiger partial charge on any atom is 0.407 e. The molecular weight excluding hydrogens is 344 g/mol. The summed E-state index contributed by atoms with van der Waals surface area (Å²) in [4.78, 5) is 24.3. The summed E-state index contributed by atoms with van der Waals surface area (Å²) >= 11 is 5.78. The normalized spacial score (nSPS) is 15.0. The quantitative estimate of drug-likeness (QED) is 0.641. The van der Waals surface area contributed by atoms with Crippen LogP contribution >= 0.6 is 11.6 Å². The van der Waals surface area contributed by atoms with Crippen molar-refractivity contribution in [2.24, 2.45) is 5.41 Å². The largest absolute Gasteiger partial charge is 0.453 e. The number of aliphatic hydroxyl groups is 1. The first-order valence-electron chi connectivity index (χ1n) is 8.11. The highest BCUT2D eigenvalue weighted by molar-refractivity contribution is 6.18. The summed E-state index contributed by atoms with van der Waals surface area (Å²) in [5.74, 6) is -0.412. The second-order valence-corrected chi connectivity index (χ2v) is 7.27. The Kier molecular flexibility index (Phi) is 8.19. The number of nitrogens with one attached hydrogen (secondary N) is 2. The lowest BCUT2D eigenvalue weighted by atomic mass is 9.86. The third-order valence-electron chi connectivity index (χ3n) is 3.82. The van der Waals surface area contributed by atoms with Crippen molar-refractivity contribution in [3.05, 3.63) is 35.9 Å². The summed E-state index contributed by atoms with van der Waals surface area (Å²) in [6.45, 7) is 5.49. The van der Waals surface area contributed by atoms with E-state index in [1.54, 1.807) is 0 Å². The van der Waals surface area contributed by atoms with Crippen molar-refractivity contribution in [2.45, 2.75) is 45.4 Å². The number of methoxy groups -OCH3 is 1. The van der Waals surface area contributed by atoms with Gasteiger partial charge in [-0.2, -0.15) is 0 Å². The van der Waals surface area contributed by atoms with E-state index in [9.17, 15) is 14.7 Å². The molecule has 140 valence electrons. The van der Waals surface area contributed by atoms with E-state index in [0.717, 1.165) is 5.56 Å². The molecule has 1 aromatic rings. The molecule has 0 heterocycles. The fourth-order valence-corrected chi connectivity index (χ4v) is 2.59. The molecule has 0 aliphatic rings. The Morgan fingerprint density at radius 1 is 1.20 bits per heavy atom. The fraction of sp³-hybridized carbons (Fsp3) is 0.556. The van der Waals surface area contributed by atoms with Crippen LogP contribution in [-0.2, 0) is 16.0 Å². The molecule has 6 nitrogen and oxygen atoms in total. The molecule has 0 aliphatic heterocycles. The SMILES string of the molecule is COC(=O)N[C@H](C(=O)N[C@@H](Cc1ccccc1)[C@@H](O)CCl)C(C)(C)C. The zero-order chi connectivity index (χ0) is 19.0. The molecule has 1 aromatic carbocycles. The van der Waals surface area contributed by atoms with Gasteiger partial charge in [-0.3, -0.25) is 4.79 Å². The highest BCUT2D eigenvalue weighted by Crippen LogP contribution is 2.20. The fourth-order valence-electron chi connectivity index (χ4n) is 2.38. The van der Waals surface area contributed by atoms with Gasteiger partial charge in [-0.05, 0) is 17.4 Å². The minimum atomic E-state index is -0.912. The predicted octanol–water partition coefficient (Wildman–Crippen LogP) is 2.08. The second kappa shape index (κ2) is 9.63. The van der Waals surface area contributed by atoms with Crippen LogP contribution in [0.25, 0.3) is 0 Å². The van der Waals surface area contributed by atoms with Crippen LogP contribution in [0, 0.1) is 5.41 Å². The Hall–Kier alpha value is -1.79. The number of ether oxygens (including phenoxy) is 1. The van der Waals surface area contributed by atoms with E-state index >= 15 is 0 Å². The third-order valence-corrected chi connectivity index (χ3v) is 4.14. The molecule has 1 rings (SSSR count). The van der Waals surface area contributed by atoms with E-state index in [0.29, 0.717) is 6.42 Å². The number of alkyl halides is 1. The summed E-state index contributed by atoms with van der Waals surface area (Å²) in [5.41, 5.74) is 0.423. The van der Waals surface area contributed by atoms with E-state index in [2.05, 4.69) is 15.4 Å². The van der Waals surface area contributed by atoms with Crippen LogP contribution in [0.15, 0.2) is 30.3 Å². The Bertz CT molecular complexity index is 560. The van der Waals surface area contributed by atoms with Gasteiger partial charge in [-0.25, -0.2) is 4.79 Å². The molecule has 0 bridgehead atoms. The Labute approximate surface area is 153 Å². The number of benzene rings is 1. The summed E-state index contributed by atoms with van der Waals surface area (Å²) in [5, 5.41) is 15.5. The van der Waals surface area contributed by atoms with Crippen molar-refractivity contribution >= 4 is 23.6 Å². The van der Waals surface area contributed by atoms with Gasteiger partial charge in [-0.1, -0.05) is 51.1 Å². The maximum absolute atomic E-state index is 12.7. The number of carbonyl (C=O) groups is 2. The summed E-state index contributed by atoms with van der Waals surface area (Å²) in [6.07, 6.45) is -1.17. The number of amides is 2. The van der Waals surface area contributed by atoms with Gasteiger partial charge in [0, 0.05) is 0 Å². The molecule has 3 atom stereocenters. The van der Waals surface area contributed by atoms with Crippen molar-refractivity contribution < 1.29 is 19.4 Å². The van der Waals surface area contributed by atoms with Gasteiger partial charge < -0.3 is 20.5 Å². The first-order valence-corrected chi connectivity index (χ1v) is 8.65. The number of alkyl carbamates (subject to hydrolysis) is 1. The van der Waals surface area contributed by atoms with Crippen molar-refractivity contribution in [1.29, 1.82) is 0 Å². The number of aliphatic hydroxyl groups excluding tert-OH is 1. The van der Waals surface area contributed by atoms with E-state index in [4.69, 9.17) is 11.6 Å². The van der Waals surface area contributed by atoms with Crippen LogP contribution in [0.1, 0.15) is 26.3 Å². The molecule has 0 fully saturated rings. The molecule has 0 aliphatic carbocycles. The third kappa shape index (κ3) is 6.92. The first kappa shape index (κ1) is 21.3. The molecule has 0 saturated carbocycles. The van der Waals surface area contributed by atoms with Crippen LogP contribution < -0.4 is 10.6 Å². The van der Waals surface area contributed by atoms with Gasteiger partial charge in [0.1, 0.15) is 6.04 Å². The van der Waals surface area contributed by atoms with Crippen LogP contribution in [0.5, 0.6) is 0 Å². The standard InChI is InChI=1S/C18H27ClN2O4/c1-18(2,3)15(21-17(24)25-4)16(23)20-13(14(22)11-19)10-12-8-6-5-7-9-12/h5-9,13-15,22H,10-11H2,1-4H3,(H,20,23)(H,21,24)/t13-,14-,15+/m0/s1. The molecule has 2 amide bonds. The number of rotatable bonds is 7. The molecule has 0 spiro atoms. The van der Waals surface area contributed by atoms with E-state index in [-0.39, 0.29) is 5.88 Å². The highest BCUT2D eigenvalue weighted by atomic mass is 35.5. The molecule has 0 radical (unpaired) electrons. The number of hydrogen-bond acceptors (Lipinski definition) is 4. The predicted molar refractivity (Wildman–Crippen MR) is 97.6 cm³/mol. The minimum Gasteiger partial charge on any atom is -0.453 e. The van der Waals surface area contributed by atoms with Crippen LogP contribution in [0.2, 0.25) is 0 Å². The van der Waals surface area contributed by atoms with Gasteiger partial charge in [0.2, 0.25) is 5.91 Å². The highest BCUT2D eigenvalue weighted by Gasteiger charge is 2.35. The smallest absolute Gasteiger partial charge is 0.407 e. The van der Waals surface area contributed by atoms with Gasteiger partial charge >= 0.3 is 6.09 Å².